The van der Waals surface area contributed by atoms with Gasteiger partial charge in [-0.25, -0.2) is 9.59 Å². The summed E-state index contributed by atoms with van der Waals surface area (Å²) in [6, 6.07) is 38.0. The van der Waals surface area contributed by atoms with Crippen LogP contribution >= 0.6 is 0 Å². The van der Waals surface area contributed by atoms with Crippen molar-refractivity contribution in [2.24, 2.45) is 0 Å². The van der Waals surface area contributed by atoms with E-state index in [9.17, 15) is 72.5 Å². The number of aliphatic hydroxyl groups is 2. The van der Waals surface area contributed by atoms with Crippen molar-refractivity contribution in [2.45, 2.75) is 114 Å². The number of alkyl halides is 12. The first-order valence-corrected chi connectivity index (χ1v) is 26.4. The standard InChI is InChI=1S/C31H31F6NO5.C31H29F6NO3.CH4/c1-21(23-14-25(30(32,33)34)16-26(15-23)31(35,36)37)43-20-29(24-10-6-3-7-11-24)13-12-28(41,19-39)18-38(29)27(40)42-17-22-8-4-2-5-9-22;1-21-13-14-29(25-11-7-4-8-12-25,38(18-21)28(39)40-19-23-9-5-3-6-10-23)20-41-22(2)24-15-26(30(32,33)34)17-27(16-24)31(35,36)37;/h2-11,14-16,21,39,41H,12-13,17-20H2,1H3;3-12,15-17,22H,1,13-14,18-20H2,2H3;1H4/t21-,28?,29-;22-,29-;/m11./s1. The molecular weight excluding hydrogens is 1140 g/mol. The number of aliphatic hydroxyl groups excluding tert-OH is 1. The normalized spacial score (nSPS) is 20.1. The number of β-amino-alcohol motifs (C(OH)–C–C–N with tert-alkyl or cyclic N) is 1. The van der Waals surface area contributed by atoms with E-state index in [2.05, 4.69) is 6.58 Å². The van der Waals surface area contributed by atoms with E-state index in [1.54, 1.807) is 91.0 Å². The van der Waals surface area contributed by atoms with Crippen LogP contribution in [0.2, 0.25) is 0 Å². The van der Waals surface area contributed by atoms with Crippen LogP contribution in [0.3, 0.4) is 0 Å². The smallest absolute Gasteiger partial charge is 0.416 e. The monoisotopic (exact) mass is 1200 g/mol. The topological polar surface area (TPSA) is 118 Å². The highest BCUT2D eigenvalue weighted by Crippen LogP contribution is 2.46. The van der Waals surface area contributed by atoms with E-state index in [4.69, 9.17) is 18.9 Å². The first-order valence-electron chi connectivity index (χ1n) is 26.4. The maximum absolute atomic E-state index is 13.6. The molecule has 0 radical (unpaired) electrons. The number of amides is 2. The van der Waals surface area contributed by atoms with E-state index in [-0.39, 0.29) is 83.0 Å². The van der Waals surface area contributed by atoms with Gasteiger partial charge in [0.15, 0.2) is 0 Å². The van der Waals surface area contributed by atoms with Crippen molar-refractivity contribution in [3.63, 3.8) is 0 Å². The van der Waals surface area contributed by atoms with Crippen molar-refractivity contribution in [3.05, 3.63) is 226 Å². The summed E-state index contributed by atoms with van der Waals surface area (Å²) in [5, 5.41) is 20.9. The number of hydrogen-bond acceptors (Lipinski definition) is 8. The van der Waals surface area contributed by atoms with Gasteiger partial charge in [0.2, 0.25) is 0 Å². The Morgan fingerprint density at radius 1 is 0.529 bits per heavy atom. The van der Waals surface area contributed by atoms with Gasteiger partial charge in [-0.05, 0) is 109 Å². The molecule has 0 saturated carbocycles. The Balaban J connectivity index is 0.000000269. The lowest BCUT2D eigenvalue weighted by Gasteiger charge is -2.51. The molecule has 1 unspecified atom stereocenters. The first kappa shape index (κ1) is 66.7. The number of piperidine rings is 2. The predicted molar refractivity (Wildman–Crippen MR) is 291 cm³/mol. The number of likely N-dealkylation sites (tertiary alicyclic amines) is 2. The number of rotatable bonds is 15. The van der Waals surface area contributed by atoms with E-state index in [1.165, 1.54) is 23.6 Å². The molecule has 8 rings (SSSR count). The largest absolute Gasteiger partial charge is 0.445 e. The highest BCUT2D eigenvalue weighted by atomic mass is 19.4. The number of hydrogen-bond donors (Lipinski definition) is 2. The Morgan fingerprint density at radius 3 is 1.22 bits per heavy atom. The van der Waals surface area contributed by atoms with Crippen LogP contribution in [0.1, 0.15) is 115 Å². The Morgan fingerprint density at radius 2 is 0.871 bits per heavy atom. The van der Waals surface area contributed by atoms with Gasteiger partial charge in [-0.1, -0.05) is 141 Å². The highest BCUT2D eigenvalue weighted by Gasteiger charge is 2.52. The number of nitrogens with zero attached hydrogens (tertiary/aromatic N) is 2. The van der Waals surface area contributed by atoms with Crippen molar-refractivity contribution in [1.29, 1.82) is 0 Å². The number of ether oxygens (including phenoxy) is 4. The molecule has 22 heteroatoms. The Hall–Kier alpha value is -7.40. The average Bonchev–Trinajstić information content (AvgIpc) is 1.19. The van der Waals surface area contributed by atoms with Crippen molar-refractivity contribution in [1.82, 2.24) is 9.80 Å². The lowest BCUT2D eigenvalue weighted by molar-refractivity contribution is -0.145. The molecule has 0 spiro atoms. The molecule has 5 atom stereocenters. The number of halogens is 12. The van der Waals surface area contributed by atoms with Crippen LogP contribution in [-0.2, 0) is 67.9 Å². The summed E-state index contributed by atoms with van der Waals surface area (Å²) in [6.45, 7) is 5.17. The molecule has 6 aromatic carbocycles. The molecule has 2 aliphatic heterocycles. The van der Waals surface area contributed by atoms with Crippen LogP contribution < -0.4 is 0 Å². The molecule has 2 aliphatic rings. The van der Waals surface area contributed by atoms with Gasteiger partial charge < -0.3 is 29.2 Å². The number of benzene rings is 6. The van der Waals surface area contributed by atoms with Crippen molar-refractivity contribution in [2.75, 3.05) is 32.9 Å². The summed E-state index contributed by atoms with van der Waals surface area (Å²) in [6.07, 6.45) is -23.0. The number of carbonyl (C=O) groups excluding carboxylic acids is 2. The highest BCUT2D eigenvalue weighted by molar-refractivity contribution is 5.71. The maximum Gasteiger partial charge on any atom is 0.416 e. The molecule has 10 nitrogen and oxygen atoms in total. The third-order valence-corrected chi connectivity index (χ3v) is 14.8. The molecule has 6 aromatic rings. The molecule has 0 aromatic heterocycles. The molecule has 0 bridgehead atoms. The minimum atomic E-state index is -5.03. The lowest BCUT2D eigenvalue weighted by Crippen LogP contribution is -2.63. The summed E-state index contributed by atoms with van der Waals surface area (Å²) < 4.78 is 185. The van der Waals surface area contributed by atoms with Crippen molar-refractivity contribution >= 4 is 12.2 Å². The first-order chi connectivity index (χ1) is 39.5. The molecule has 458 valence electrons. The molecule has 2 heterocycles. The third-order valence-electron chi connectivity index (χ3n) is 14.8. The van der Waals surface area contributed by atoms with Crippen LogP contribution in [0, 0.1) is 0 Å². The van der Waals surface area contributed by atoms with E-state index in [0.717, 1.165) is 11.1 Å². The van der Waals surface area contributed by atoms with E-state index in [0.29, 0.717) is 53.8 Å². The minimum Gasteiger partial charge on any atom is -0.445 e. The Labute approximate surface area is 484 Å². The molecule has 85 heavy (non-hydrogen) atoms. The summed E-state index contributed by atoms with van der Waals surface area (Å²) >= 11 is 0. The second-order valence-corrected chi connectivity index (χ2v) is 20.8. The van der Waals surface area contributed by atoms with E-state index < -0.39 is 94.6 Å². The fourth-order valence-electron chi connectivity index (χ4n) is 9.98. The summed E-state index contributed by atoms with van der Waals surface area (Å²) in [4.78, 5) is 29.8. The Kier molecular flexibility index (Phi) is 21.4. The SMILES string of the molecule is C.C=C1CC[C@@](CO[C@H](C)c2cc(C(F)(F)F)cc(C(F)(F)F)c2)(c2ccccc2)N(C(=O)OCc2ccccc2)C1.C[C@@H](OC[C@@]1(c2ccccc2)CCC(O)(CO)CN1C(=O)OCc1ccccc1)c1cc(C(F)(F)F)cc(C(F)(F)F)c1. The van der Waals surface area contributed by atoms with Gasteiger partial charge >= 0.3 is 36.9 Å². The molecular formula is C63H64F12N2O8. The molecule has 2 amide bonds. The van der Waals surface area contributed by atoms with E-state index >= 15 is 0 Å². The van der Waals surface area contributed by atoms with Gasteiger partial charge in [0.25, 0.3) is 0 Å². The lowest BCUT2D eigenvalue weighted by atomic mass is 9.76. The maximum atomic E-state index is 13.6. The van der Waals surface area contributed by atoms with Crippen LogP contribution in [-0.4, -0.2) is 70.7 Å². The predicted octanol–water partition coefficient (Wildman–Crippen LogP) is 16.2. The Bertz CT molecular complexity index is 3100. The molecule has 2 fully saturated rings. The van der Waals surface area contributed by atoms with Crippen LogP contribution in [0.4, 0.5) is 62.3 Å². The van der Waals surface area contributed by atoms with Gasteiger partial charge in [0.1, 0.15) is 18.8 Å². The molecule has 0 aliphatic carbocycles. The van der Waals surface area contributed by atoms with Crippen molar-refractivity contribution in [3.8, 4) is 0 Å². The fourth-order valence-corrected chi connectivity index (χ4v) is 9.98. The zero-order valence-corrected chi connectivity index (χ0v) is 45.4. The molecule has 2 saturated heterocycles. The second-order valence-electron chi connectivity index (χ2n) is 20.8. The minimum absolute atomic E-state index is 0. The van der Waals surface area contributed by atoms with Crippen LogP contribution in [0.15, 0.2) is 170 Å². The summed E-state index contributed by atoms with van der Waals surface area (Å²) in [5.41, 5.74) is -7.10. The zero-order valence-electron chi connectivity index (χ0n) is 45.4. The quantitative estimate of drug-likeness (QED) is 0.0771. The van der Waals surface area contributed by atoms with Gasteiger partial charge in [-0.2, -0.15) is 52.7 Å². The van der Waals surface area contributed by atoms with Gasteiger partial charge in [-0.3, -0.25) is 9.80 Å². The number of carbonyl (C=O) groups is 2. The van der Waals surface area contributed by atoms with Crippen molar-refractivity contribution < 1.29 is 91.4 Å². The summed E-state index contributed by atoms with van der Waals surface area (Å²) in [5.74, 6) is 0. The summed E-state index contributed by atoms with van der Waals surface area (Å²) in [7, 11) is 0. The van der Waals surface area contributed by atoms with E-state index in [1.807, 2.05) is 30.3 Å². The van der Waals surface area contributed by atoms with Gasteiger partial charge in [0.05, 0.1) is 71.9 Å². The fraction of sp³-hybridized carbons (Fsp3) is 0.365. The van der Waals surface area contributed by atoms with Gasteiger partial charge in [-0.15, -0.1) is 0 Å². The second kappa shape index (κ2) is 27.3. The van der Waals surface area contributed by atoms with Gasteiger partial charge in [0, 0.05) is 6.54 Å². The van der Waals surface area contributed by atoms with Crippen LogP contribution in [0.5, 0.6) is 0 Å². The zero-order chi connectivity index (χ0) is 61.3. The van der Waals surface area contributed by atoms with Crippen LogP contribution in [0.25, 0.3) is 0 Å². The third kappa shape index (κ3) is 16.7. The molecule has 2 N–H and O–H groups in total. The average molecular weight is 1210 g/mol.